The lowest BCUT2D eigenvalue weighted by Gasteiger charge is -2.23. The maximum Gasteiger partial charge on any atom is 0.390 e. The van der Waals surface area contributed by atoms with Gasteiger partial charge in [-0.15, -0.1) is 0 Å². The molecule has 3 atom stereocenters. The fraction of sp³-hybridized carbons (Fsp3) is 0.579. The molecule has 0 spiro atoms. The molecule has 11 heteroatoms. The molecule has 2 heterocycles. The van der Waals surface area contributed by atoms with E-state index in [1.54, 1.807) is 19.4 Å². The molecule has 1 aliphatic carbocycles. The third kappa shape index (κ3) is 4.94. The monoisotopic (exact) mass is 445 g/mol. The first-order chi connectivity index (χ1) is 14.0. The quantitative estimate of drug-likeness (QED) is 0.686. The van der Waals surface area contributed by atoms with Crippen LogP contribution in [0.4, 0.5) is 13.2 Å². The highest BCUT2D eigenvalue weighted by Gasteiger charge is 2.38. The second-order valence-electron chi connectivity index (χ2n) is 7.62. The Hall–Kier alpha value is -2.14. The van der Waals surface area contributed by atoms with Crippen molar-refractivity contribution in [3.63, 3.8) is 0 Å². The van der Waals surface area contributed by atoms with Crippen LogP contribution in [0.5, 0.6) is 0 Å². The van der Waals surface area contributed by atoms with Crippen LogP contribution in [0.25, 0.3) is 16.9 Å². The van der Waals surface area contributed by atoms with Crippen LogP contribution in [0.1, 0.15) is 32.6 Å². The summed E-state index contributed by atoms with van der Waals surface area (Å²) in [4.78, 5) is 11.7. The van der Waals surface area contributed by atoms with Crippen molar-refractivity contribution < 1.29 is 21.6 Å². The van der Waals surface area contributed by atoms with Crippen LogP contribution in [-0.2, 0) is 10.0 Å². The number of fused-ring (bicyclic) bond motifs is 1. The predicted octanol–water partition coefficient (Wildman–Crippen LogP) is 3.04. The predicted molar refractivity (Wildman–Crippen MR) is 109 cm³/mol. The Balaban J connectivity index is 1.82. The average Bonchev–Trinajstić information content (AvgIpc) is 3.30. The Bertz CT molecular complexity index is 1090. The van der Waals surface area contributed by atoms with Crippen molar-refractivity contribution in [1.82, 2.24) is 19.3 Å². The number of halogens is 3. The summed E-state index contributed by atoms with van der Waals surface area (Å²) in [5.74, 6) is -0.861. The zero-order chi connectivity index (χ0) is 22.1. The largest absolute Gasteiger partial charge is 0.390 e. The number of alkyl halides is 3. The molecule has 0 radical (unpaired) electrons. The van der Waals surface area contributed by atoms with Gasteiger partial charge in [0.05, 0.1) is 23.9 Å². The summed E-state index contributed by atoms with van der Waals surface area (Å²) < 4.78 is 65.9. The van der Waals surface area contributed by atoms with E-state index < -0.39 is 34.4 Å². The van der Waals surface area contributed by atoms with Crippen LogP contribution < -0.4 is 10.2 Å². The van der Waals surface area contributed by atoms with Gasteiger partial charge in [0.15, 0.2) is 11.1 Å². The molecule has 0 aromatic carbocycles. The van der Waals surface area contributed by atoms with Crippen LogP contribution in [0, 0.1) is 11.8 Å². The molecule has 2 aromatic rings. The highest BCUT2D eigenvalue weighted by atomic mass is 32.2. The number of aromatic nitrogens is 3. The summed E-state index contributed by atoms with van der Waals surface area (Å²) >= 11 is 0. The lowest BCUT2D eigenvalue weighted by atomic mass is 9.91. The first-order valence-corrected chi connectivity index (χ1v) is 11.4. The number of rotatable bonds is 7. The van der Waals surface area contributed by atoms with Crippen LogP contribution in [-0.4, -0.2) is 48.0 Å². The van der Waals surface area contributed by atoms with E-state index in [2.05, 4.69) is 26.3 Å². The topological polar surface area (TPSA) is 92.1 Å². The van der Waals surface area contributed by atoms with E-state index in [4.69, 9.17) is 0 Å². The van der Waals surface area contributed by atoms with Crippen LogP contribution in [0.3, 0.4) is 0 Å². The molecule has 166 valence electrons. The van der Waals surface area contributed by atoms with E-state index in [1.165, 1.54) is 0 Å². The second kappa shape index (κ2) is 8.54. The van der Waals surface area contributed by atoms with Crippen molar-refractivity contribution in [2.75, 3.05) is 12.8 Å². The highest BCUT2D eigenvalue weighted by molar-refractivity contribution is 7.89. The Kier molecular flexibility index (Phi) is 6.42. The fourth-order valence-corrected chi connectivity index (χ4v) is 5.53. The smallest absolute Gasteiger partial charge is 0.345 e. The van der Waals surface area contributed by atoms with Gasteiger partial charge in [-0.1, -0.05) is 19.9 Å². The van der Waals surface area contributed by atoms with E-state index in [9.17, 15) is 21.6 Å². The van der Waals surface area contributed by atoms with Gasteiger partial charge < -0.3 is 4.98 Å². The number of allylic oxidation sites excluding steroid dienone is 1. The zero-order valence-electron chi connectivity index (χ0n) is 16.9. The van der Waals surface area contributed by atoms with Crippen molar-refractivity contribution in [2.24, 2.45) is 16.8 Å². The van der Waals surface area contributed by atoms with E-state index in [1.807, 2.05) is 17.6 Å². The maximum atomic E-state index is 12.4. The standard InChI is InChI=1S/C19H26F3N5O2S/c1-4-13-9-14(26-30(28,29)8-6-19(20,21)22)10-15(13)12(2)27-16-5-7-24-18(16)25-11-17(27)23-3/h5,7,11,13-15,24,26H,2,4,6,8-10H2,1,3H3/t13-,14+,15-/m0/s1. The molecule has 0 unspecified atom stereocenters. The molecule has 30 heavy (non-hydrogen) atoms. The number of H-pyrrole nitrogens is 1. The van der Waals surface area contributed by atoms with Crippen molar-refractivity contribution in [1.29, 1.82) is 0 Å². The van der Waals surface area contributed by atoms with Crippen molar-refractivity contribution in [3.8, 4) is 0 Å². The molecule has 1 fully saturated rings. The summed E-state index contributed by atoms with van der Waals surface area (Å²) in [6.07, 6.45) is -0.652. The Morgan fingerprint density at radius 2 is 2.17 bits per heavy atom. The molecular weight excluding hydrogens is 419 g/mol. The number of aromatic amines is 1. The van der Waals surface area contributed by atoms with Gasteiger partial charge in [-0.2, -0.15) is 13.2 Å². The van der Waals surface area contributed by atoms with Gasteiger partial charge in [-0.3, -0.25) is 9.56 Å². The molecule has 0 bridgehead atoms. The Morgan fingerprint density at radius 3 is 2.80 bits per heavy atom. The summed E-state index contributed by atoms with van der Waals surface area (Å²) in [7, 11) is -2.37. The third-order valence-corrected chi connectivity index (χ3v) is 7.08. The molecule has 0 aliphatic heterocycles. The summed E-state index contributed by atoms with van der Waals surface area (Å²) in [5, 5.41) is 0. The van der Waals surface area contributed by atoms with E-state index in [-0.39, 0.29) is 11.8 Å². The fourth-order valence-electron chi connectivity index (χ4n) is 4.21. The molecule has 2 aromatic heterocycles. The maximum absolute atomic E-state index is 12.4. The molecule has 2 N–H and O–H groups in total. The van der Waals surface area contributed by atoms with Gasteiger partial charge in [-0.25, -0.2) is 18.1 Å². The number of nitrogens with one attached hydrogen (secondary N) is 2. The normalized spacial score (nSPS) is 23.4. The second-order valence-corrected chi connectivity index (χ2v) is 9.50. The lowest BCUT2D eigenvalue weighted by Crippen LogP contribution is -2.36. The van der Waals surface area contributed by atoms with Crippen LogP contribution in [0.2, 0.25) is 0 Å². The number of hydrogen-bond donors (Lipinski definition) is 2. The van der Waals surface area contributed by atoms with Gasteiger partial charge in [0.2, 0.25) is 10.0 Å². The molecule has 0 amide bonds. The molecule has 1 aliphatic rings. The van der Waals surface area contributed by atoms with Crippen LogP contribution >= 0.6 is 0 Å². The first-order valence-electron chi connectivity index (χ1n) is 9.78. The van der Waals surface area contributed by atoms with Gasteiger partial charge in [0, 0.05) is 30.9 Å². The minimum Gasteiger partial charge on any atom is -0.345 e. The van der Waals surface area contributed by atoms with E-state index >= 15 is 0 Å². The Morgan fingerprint density at radius 1 is 1.43 bits per heavy atom. The van der Waals surface area contributed by atoms with Crippen molar-refractivity contribution in [2.45, 2.75) is 44.8 Å². The number of hydrogen-bond acceptors (Lipinski definition) is 4. The van der Waals surface area contributed by atoms with Gasteiger partial charge in [0.1, 0.15) is 0 Å². The summed E-state index contributed by atoms with van der Waals surface area (Å²) in [6.45, 7) is 6.29. The van der Waals surface area contributed by atoms with Gasteiger partial charge >= 0.3 is 6.18 Å². The van der Waals surface area contributed by atoms with Crippen molar-refractivity contribution >= 4 is 26.9 Å². The molecule has 0 saturated heterocycles. The molecular formula is C19H26F3N5O2S. The van der Waals surface area contributed by atoms with Gasteiger partial charge in [-0.05, 0) is 24.8 Å². The van der Waals surface area contributed by atoms with Crippen molar-refractivity contribution in [3.05, 3.63) is 30.5 Å². The average molecular weight is 446 g/mol. The SMILES string of the molecule is C=C([C@@H]1C[C@H](NS(=O)(=O)CCC(F)(F)F)C[C@@H]1CC)n1c(=NC)cnc2[nH]ccc21. The number of sulfonamides is 1. The summed E-state index contributed by atoms with van der Waals surface area (Å²) in [6, 6.07) is 1.44. The first kappa shape index (κ1) is 22.5. The number of nitrogens with zero attached hydrogens (tertiary/aromatic N) is 3. The molecule has 7 nitrogen and oxygen atoms in total. The minimum atomic E-state index is -4.51. The molecule has 1 saturated carbocycles. The minimum absolute atomic E-state index is 0.0451. The third-order valence-electron chi connectivity index (χ3n) is 5.65. The van der Waals surface area contributed by atoms with E-state index in [0.717, 1.165) is 17.6 Å². The van der Waals surface area contributed by atoms with E-state index in [0.29, 0.717) is 24.0 Å². The zero-order valence-corrected chi connectivity index (χ0v) is 17.7. The lowest BCUT2D eigenvalue weighted by molar-refractivity contribution is -0.130. The van der Waals surface area contributed by atoms with Gasteiger partial charge in [0.25, 0.3) is 0 Å². The molecule has 3 rings (SSSR count). The highest BCUT2D eigenvalue weighted by Crippen LogP contribution is 2.40. The van der Waals surface area contributed by atoms with Crippen LogP contribution in [0.15, 0.2) is 30.0 Å². The summed E-state index contributed by atoms with van der Waals surface area (Å²) in [5.41, 5.74) is 2.88. The Labute approximate surface area is 173 Å².